The van der Waals surface area contributed by atoms with Gasteiger partial charge in [0, 0.05) is 13.2 Å². The number of amides is 1. The van der Waals surface area contributed by atoms with E-state index < -0.39 is 0 Å². The van der Waals surface area contributed by atoms with Crippen LogP contribution in [0.15, 0.2) is 24.3 Å². The van der Waals surface area contributed by atoms with E-state index in [9.17, 15) is 4.79 Å². The van der Waals surface area contributed by atoms with Crippen LogP contribution in [0.4, 0.5) is 0 Å². The lowest BCUT2D eigenvalue weighted by atomic mass is 10.2. The van der Waals surface area contributed by atoms with E-state index in [2.05, 4.69) is 15.6 Å². The highest BCUT2D eigenvalue weighted by Gasteiger charge is 2.21. The van der Waals surface area contributed by atoms with E-state index in [-0.39, 0.29) is 12.0 Å². The first-order valence-electron chi connectivity index (χ1n) is 7.24. The van der Waals surface area contributed by atoms with Gasteiger partial charge in [-0.1, -0.05) is 28.9 Å². The first kappa shape index (κ1) is 15.0. The molecule has 22 heavy (non-hydrogen) atoms. The molecule has 1 aliphatic heterocycles. The predicted molar refractivity (Wildman–Crippen MR) is 82.4 cm³/mol. The summed E-state index contributed by atoms with van der Waals surface area (Å²) in [4.78, 5) is 12.2. The number of ether oxygens (including phenoxy) is 1. The number of nitrogens with zero attached hydrogens (tertiary/aromatic N) is 3. The lowest BCUT2D eigenvalue weighted by Gasteiger charge is -2.10. The number of halogens is 1. The van der Waals surface area contributed by atoms with Gasteiger partial charge in [0.1, 0.15) is 0 Å². The van der Waals surface area contributed by atoms with Crippen molar-refractivity contribution in [2.75, 3.05) is 13.2 Å². The van der Waals surface area contributed by atoms with E-state index in [4.69, 9.17) is 16.3 Å². The summed E-state index contributed by atoms with van der Waals surface area (Å²) in [5.74, 6) is -0.244. The summed E-state index contributed by atoms with van der Waals surface area (Å²) < 4.78 is 7.06. The van der Waals surface area contributed by atoms with Crippen LogP contribution in [0.3, 0.4) is 0 Å². The average Bonchev–Trinajstić information content (AvgIpc) is 3.15. The molecule has 2 heterocycles. The van der Waals surface area contributed by atoms with Crippen LogP contribution in [-0.4, -0.2) is 40.2 Å². The molecule has 1 fully saturated rings. The van der Waals surface area contributed by atoms with Gasteiger partial charge in [0.15, 0.2) is 5.69 Å². The van der Waals surface area contributed by atoms with Crippen molar-refractivity contribution in [1.82, 2.24) is 20.3 Å². The van der Waals surface area contributed by atoms with Gasteiger partial charge in [-0.05, 0) is 31.9 Å². The van der Waals surface area contributed by atoms with Crippen molar-refractivity contribution in [3.63, 3.8) is 0 Å². The lowest BCUT2D eigenvalue weighted by Crippen LogP contribution is -2.32. The first-order chi connectivity index (χ1) is 10.7. The Morgan fingerprint density at radius 1 is 1.50 bits per heavy atom. The number of carbonyl (C=O) groups is 1. The third-order valence-corrected chi connectivity index (χ3v) is 4.02. The lowest BCUT2D eigenvalue weighted by molar-refractivity contribution is 0.0853. The van der Waals surface area contributed by atoms with Gasteiger partial charge in [-0.2, -0.15) is 0 Å². The van der Waals surface area contributed by atoms with E-state index in [0.717, 1.165) is 19.4 Å². The number of carbonyl (C=O) groups excluding carboxylic acids is 1. The van der Waals surface area contributed by atoms with Gasteiger partial charge in [-0.3, -0.25) is 4.79 Å². The van der Waals surface area contributed by atoms with E-state index in [0.29, 0.717) is 28.6 Å². The SMILES string of the molecule is Cc1c(C(=O)NC[C@@H]2CCCO2)nnn1-c1ccccc1Cl. The molecule has 1 saturated heterocycles. The molecule has 1 amide bonds. The molecule has 7 heteroatoms. The van der Waals surface area contributed by atoms with Gasteiger partial charge < -0.3 is 10.1 Å². The Morgan fingerprint density at radius 2 is 2.32 bits per heavy atom. The third-order valence-electron chi connectivity index (χ3n) is 3.70. The van der Waals surface area contributed by atoms with Crippen LogP contribution < -0.4 is 5.32 Å². The topological polar surface area (TPSA) is 69.0 Å². The Balaban J connectivity index is 1.75. The Bertz CT molecular complexity index is 680. The van der Waals surface area contributed by atoms with E-state index in [1.165, 1.54) is 0 Å². The zero-order chi connectivity index (χ0) is 15.5. The largest absolute Gasteiger partial charge is 0.376 e. The molecule has 1 aromatic carbocycles. The number of hydrogen-bond acceptors (Lipinski definition) is 4. The Hall–Kier alpha value is -1.92. The summed E-state index contributed by atoms with van der Waals surface area (Å²) in [6.45, 7) is 3.06. The third kappa shape index (κ3) is 2.98. The van der Waals surface area contributed by atoms with Crippen molar-refractivity contribution in [3.05, 3.63) is 40.7 Å². The van der Waals surface area contributed by atoms with Crippen LogP contribution in [-0.2, 0) is 4.74 Å². The molecule has 0 bridgehead atoms. The van der Waals surface area contributed by atoms with Crippen LogP contribution in [0.2, 0.25) is 5.02 Å². The van der Waals surface area contributed by atoms with Gasteiger partial charge in [-0.25, -0.2) is 4.68 Å². The average molecular weight is 321 g/mol. The molecule has 0 spiro atoms. The summed E-state index contributed by atoms with van der Waals surface area (Å²) in [7, 11) is 0. The van der Waals surface area contributed by atoms with Crippen LogP contribution in [0.1, 0.15) is 29.0 Å². The minimum Gasteiger partial charge on any atom is -0.376 e. The van der Waals surface area contributed by atoms with Crippen molar-refractivity contribution >= 4 is 17.5 Å². The number of rotatable bonds is 4. The Kier molecular flexibility index (Phi) is 4.40. The maximum Gasteiger partial charge on any atom is 0.273 e. The quantitative estimate of drug-likeness (QED) is 0.937. The molecule has 0 aliphatic carbocycles. The summed E-state index contributed by atoms with van der Waals surface area (Å²) in [5.41, 5.74) is 1.66. The van der Waals surface area contributed by atoms with Gasteiger partial charge in [0.25, 0.3) is 5.91 Å². The molecule has 1 aromatic heterocycles. The number of hydrogen-bond donors (Lipinski definition) is 1. The van der Waals surface area contributed by atoms with Crippen LogP contribution in [0.25, 0.3) is 5.69 Å². The standard InChI is InChI=1S/C15H17ClN4O2/c1-10-14(15(21)17-9-11-5-4-8-22-11)18-19-20(10)13-7-3-2-6-12(13)16/h2-3,6-7,11H,4-5,8-9H2,1H3,(H,17,21)/t11-/m0/s1. The highest BCUT2D eigenvalue weighted by Crippen LogP contribution is 2.21. The molecular weight excluding hydrogens is 304 g/mol. The van der Waals surface area contributed by atoms with Crippen molar-refractivity contribution in [2.24, 2.45) is 0 Å². The van der Waals surface area contributed by atoms with Crippen LogP contribution in [0, 0.1) is 6.92 Å². The second-order valence-corrected chi connectivity index (χ2v) is 5.64. The maximum absolute atomic E-state index is 12.2. The molecule has 1 N–H and O–H groups in total. The fraction of sp³-hybridized carbons (Fsp3) is 0.400. The molecule has 2 aromatic rings. The normalized spacial score (nSPS) is 17.6. The van der Waals surface area contributed by atoms with Crippen molar-refractivity contribution in [2.45, 2.75) is 25.9 Å². The smallest absolute Gasteiger partial charge is 0.273 e. The molecule has 3 rings (SSSR count). The number of para-hydroxylation sites is 1. The number of aromatic nitrogens is 3. The number of benzene rings is 1. The Labute approximate surface area is 133 Å². The van der Waals surface area contributed by atoms with Crippen LogP contribution >= 0.6 is 11.6 Å². The number of nitrogens with one attached hydrogen (secondary N) is 1. The van der Waals surface area contributed by atoms with Crippen molar-refractivity contribution < 1.29 is 9.53 Å². The van der Waals surface area contributed by atoms with Gasteiger partial charge in [-0.15, -0.1) is 5.10 Å². The summed E-state index contributed by atoms with van der Waals surface area (Å²) in [6, 6.07) is 7.31. The molecule has 1 atom stereocenters. The van der Waals surface area contributed by atoms with Gasteiger partial charge in [0.2, 0.25) is 0 Å². The summed E-state index contributed by atoms with van der Waals surface area (Å²) in [6.07, 6.45) is 2.12. The second kappa shape index (κ2) is 6.46. The highest BCUT2D eigenvalue weighted by molar-refractivity contribution is 6.32. The molecule has 1 aliphatic rings. The van der Waals surface area contributed by atoms with Crippen molar-refractivity contribution in [1.29, 1.82) is 0 Å². The van der Waals surface area contributed by atoms with E-state index in [1.54, 1.807) is 17.7 Å². The molecule has 6 nitrogen and oxygen atoms in total. The fourth-order valence-electron chi connectivity index (χ4n) is 2.49. The molecule has 116 valence electrons. The highest BCUT2D eigenvalue weighted by atomic mass is 35.5. The van der Waals surface area contributed by atoms with Crippen molar-refractivity contribution in [3.8, 4) is 5.69 Å². The van der Waals surface area contributed by atoms with E-state index >= 15 is 0 Å². The van der Waals surface area contributed by atoms with E-state index in [1.807, 2.05) is 18.2 Å². The zero-order valence-corrected chi connectivity index (χ0v) is 13.0. The molecule has 0 unspecified atom stereocenters. The zero-order valence-electron chi connectivity index (χ0n) is 12.3. The maximum atomic E-state index is 12.2. The molecular formula is C15H17ClN4O2. The van der Waals surface area contributed by atoms with Crippen LogP contribution in [0.5, 0.6) is 0 Å². The summed E-state index contributed by atoms with van der Waals surface area (Å²) >= 11 is 6.16. The second-order valence-electron chi connectivity index (χ2n) is 5.23. The minimum atomic E-state index is -0.244. The Morgan fingerprint density at radius 3 is 3.05 bits per heavy atom. The monoisotopic (exact) mass is 320 g/mol. The fourth-order valence-corrected chi connectivity index (χ4v) is 2.70. The minimum absolute atomic E-state index is 0.0999. The molecule has 0 radical (unpaired) electrons. The summed E-state index contributed by atoms with van der Waals surface area (Å²) in [5, 5.41) is 11.4. The van der Waals surface area contributed by atoms with Gasteiger partial charge >= 0.3 is 0 Å². The first-order valence-corrected chi connectivity index (χ1v) is 7.61. The predicted octanol–water partition coefficient (Wildman–Crippen LogP) is 2.14. The molecule has 0 saturated carbocycles. The van der Waals surface area contributed by atoms with Gasteiger partial charge in [0.05, 0.1) is 22.5 Å².